The minimum atomic E-state index is -0.944. The number of nitrogens with one attached hydrogen (secondary N) is 2. The fraction of sp³-hybridized carbons (Fsp3) is 0.450. The molecule has 0 aliphatic rings. The fourth-order valence-corrected chi connectivity index (χ4v) is 2.79. The van der Waals surface area contributed by atoms with E-state index in [2.05, 4.69) is 10.3 Å². The normalized spacial score (nSPS) is 12.6. The Morgan fingerprint density at radius 1 is 1.19 bits per heavy atom. The van der Waals surface area contributed by atoms with Crippen LogP contribution in [0.5, 0.6) is 0 Å². The zero-order valence-electron chi connectivity index (χ0n) is 16.0. The molecule has 0 fully saturated rings. The number of aromatic nitrogens is 1. The van der Waals surface area contributed by atoms with Crippen molar-refractivity contribution >= 4 is 28.7 Å². The number of primary amides is 1. The SMILES string of the molecule is CC(C)(C)[C@@H](OC(=O)CCc1c[nH]c2ccccc12)C(=O)NCCC(N)=O. The molecule has 27 heavy (non-hydrogen) atoms. The molecule has 0 spiro atoms. The van der Waals surface area contributed by atoms with Crippen LogP contribution < -0.4 is 11.1 Å². The lowest BCUT2D eigenvalue weighted by atomic mass is 9.88. The molecule has 1 heterocycles. The van der Waals surface area contributed by atoms with Crippen LogP contribution in [0.2, 0.25) is 0 Å². The highest BCUT2D eigenvalue weighted by Crippen LogP contribution is 2.24. The topological polar surface area (TPSA) is 114 Å². The van der Waals surface area contributed by atoms with Crippen LogP contribution in [0.25, 0.3) is 10.9 Å². The van der Waals surface area contributed by atoms with E-state index >= 15 is 0 Å². The van der Waals surface area contributed by atoms with Crippen molar-refractivity contribution in [3.05, 3.63) is 36.0 Å². The lowest BCUT2D eigenvalue weighted by Crippen LogP contribution is -2.46. The molecule has 0 unspecified atom stereocenters. The van der Waals surface area contributed by atoms with Crippen molar-refractivity contribution in [1.29, 1.82) is 0 Å². The Kier molecular flexibility index (Phi) is 6.60. The third-order valence-electron chi connectivity index (χ3n) is 4.22. The molecule has 1 atom stereocenters. The Hall–Kier alpha value is -2.83. The third kappa shape index (κ3) is 5.84. The number of fused-ring (bicyclic) bond motifs is 1. The monoisotopic (exact) mass is 373 g/mol. The van der Waals surface area contributed by atoms with Gasteiger partial charge in [-0.05, 0) is 18.1 Å². The molecule has 1 aromatic heterocycles. The number of carbonyl (C=O) groups is 3. The molecule has 2 rings (SSSR count). The molecule has 0 saturated carbocycles. The van der Waals surface area contributed by atoms with Gasteiger partial charge in [0.25, 0.3) is 5.91 Å². The van der Waals surface area contributed by atoms with Crippen LogP contribution in [0, 0.1) is 5.41 Å². The van der Waals surface area contributed by atoms with Gasteiger partial charge in [0.15, 0.2) is 6.10 Å². The van der Waals surface area contributed by atoms with Gasteiger partial charge in [-0.2, -0.15) is 0 Å². The zero-order chi connectivity index (χ0) is 20.0. The molecule has 0 radical (unpaired) electrons. The first-order valence-electron chi connectivity index (χ1n) is 8.99. The maximum Gasteiger partial charge on any atom is 0.306 e. The number of aromatic amines is 1. The molecular weight excluding hydrogens is 346 g/mol. The first-order chi connectivity index (χ1) is 12.7. The van der Waals surface area contributed by atoms with Gasteiger partial charge in [-0.3, -0.25) is 14.4 Å². The summed E-state index contributed by atoms with van der Waals surface area (Å²) in [4.78, 5) is 38.7. The summed E-state index contributed by atoms with van der Waals surface area (Å²) in [6, 6.07) is 7.87. The number of hydrogen-bond acceptors (Lipinski definition) is 4. The van der Waals surface area contributed by atoms with E-state index in [1.807, 2.05) is 51.2 Å². The summed E-state index contributed by atoms with van der Waals surface area (Å²) in [5.41, 5.74) is 6.54. The highest BCUT2D eigenvalue weighted by atomic mass is 16.5. The second-order valence-electron chi connectivity index (χ2n) is 7.60. The van der Waals surface area contributed by atoms with Crippen LogP contribution >= 0.6 is 0 Å². The Bertz CT molecular complexity index is 820. The second kappa shape index (κ2) is 8.70. The molecule has 146 valence electrons. The van der Waals surface area contributed by atoms with Gasteiger partial charge in [-0.25, -0.2) is 0 Å². The number of nitrogens with two attached hydrogens (primary N) is 1. The summed E-state index contributed by atoms with van der Waals surface area (Å²) in [6.07, 6.45) is 1.67. The number of esters is 1. The number of benzene rings is 1. The van der Waals surface area contributed by atoms with Crippen LogP contribution in [0.3, 0.4) is 0 Å². The van der Waals surface area contributed by atoms with Gasteiger partial charge >= 0.3 is 5.97 Å². The fourth-order valence-electron chi connectivity index (χ4n) is 2.79. The minimum Gasteiger partial charge on any atom is -0.452 e. The molecule has 0 bridgehead atoms. The number of H-pyrrole nitrogens is 1. The van der Waals surface area contributed by atoms with Gasteiger partial charge in [0.1, 0.15) is 0 Å². The van der Waals surface area contributed by atoms with Gasteiger partial charge in [-0.1, -0.05) is 39.0 Å². The summed E-state index contributed by atoms with van der Waals surface area (Å²) in [5, 5.41) is 3.67. The van der Waals surface area contributed by atoms with E-state index in [0.717, 1.165) is 16.5 Å². The Balaban J connectivity index is 1.95. The predicted molar refractivity (Wildman–Crippen MR) is 103 cm³/mol. The summed E-state index contributed by atoms with van der Waals surface area (Å²) >= 11 is 0. The molecule has 4 N–H and O–H groups in total. The van der Waals surface area contributed by atoms with E-state index in [9.17, 15) is 14.4 Å². The van der Waals surface area contributed by atoms with Gasteiger partial charge in [0, 0.05) is 41.9 Å². The predicted octanol–water partition coefficient (Wildman–Crippen LogP) is 2.05. The smallest absolute Gasteiger partial charge is 0.306 e. The number of ether oxygens (including phenoxy) is 1. The number of rotatable bonds is 8. The average molecular weight is 373 g/mol. The number of hydrogen-bond donors (Lipinski definition) is 3. The number of para-hydroxylation sites is 1. The quantitative estimate of drug-likeness (QED) is 0.614. The molecule has 2 aromatic rings. The summed E-state index contributed by atoms with van der Waals surface area (Å²) in [6.45, 7) is 5.57. The van der Waals surface area contributed by atoms with E-state index in [1.54, 1.807) is 0 Å². The van der Waals surface area contributed by atoms with Crippen molar-refractivity contribution in [3.63, 3.8) is 0 Å². The lowest BCUT2D eigenvalue weighted by molar-refractivity contribution is -0.162. The largest absolute Gasteiger partial charge is 0.452 e. The van der Waals surface area contributed by atoms with Crippen LogP contribution in [-0.2, 0) is 25.5 Å². The Morgan fingerprint density at radius 2 is 1.89 bits per heavy atom. The van der Waals surface area contributed by atoms with Gasteiger partial charge < -0.3 is 20.8 Å². The van der Waals surface area contributed by atoms with E-state index < -0.39 is 29.3 Å². The van der Waals surface area contributed by atoms with Gasteiger partial charge in [-0.15, -0.1) is 0 Å². The van der Waals surface area contributed by atoms with Crippen molar-refractivity contribution in [3.8, 4) is 0 Å². The number of carbonyl (C=O) groups excluding carboxylic acids is 3. The standard InChI is InChI=1S/C20H27N3O4/c1-20(2,3)18(19(26)22-11-10-16(21)24)27-17(25)9-8-13-12-23-15-7-5-4-6-14(13)15/h4-7,12,18,23H,8-11H2,1-3H3,(H2,21,24)(H,22,26)/t18-/m0/s1. The van der Waals surface area contributed by atoms with Crippen LogP contribution in [-0.4, -0.2) is 35.4 Å². The average Bonchev–Trinajstić information content (AvgIpc) is 2.99. The minimum absolute atomic E-state index is 0.0388. The first-order valence-corrected chi connectivity index (χ1v) is 8.99. The van der Waals surface area contributed by atoms with E-state index in [-0.39, 0.29) is 19.4 Å². The molecule has 1 aromatic carbocycles. The van der Waals surface area contributed by atoms with E-state index in [4.69, 9.17) is 10.5 Å². The van der Waals surface area contributed by atoms with Crippen LogP contribution in [0.1, 0.15) is 39.2 Å². The summed E-state index contributed by atoms with van der Waals surface area (Å²) in [5.74, 6) is -1.37. The maximum absolute atomic E-state index is 12.4. The van der Waals surface area contributed by atoms with Crippen molar-refractivity contribution in [2.45, 2.75) is 46.1 Å². The number of amides is 2. The molecular formula is C20H27N3O4. The van der Waals surface area contributed by atoms with E-state index in [0.29, 0.717) is 6.42 Å². The van der Waals surface area contributed by atoms with E-state index in [1.165, 1.54) is 0 Å². The van der Waals surface area contributed by atoms with Crippen molar-refractivity contribution < 1.29 is 19.1 Å². The summed E-state index contributed by atoms with van der Waals surface area (Å²) < 4.78 is 5.47. The maximum atomic E-state index is 12.4. The molecule has 2 amide bonds. The van der Waals surface area contributed by atoms with Crippen LogP contribution in [0.4, 0.5) is 0 Å². The lowest BCUT2D eigenvalue weighted by Gasteiger charge is -2.29. The van der Waals surface area contributed by atoms with Crippen molar-refractivity contribution in [2.75, 3.05) is 6.54 Å². The molecule has 0 saturated heterocycles. The molecule has 0 aliphatic carbocycles. The van der Waals surface area contributed by atoms with Crippen LogP contribution in [0.15, 0.2) is 30.5 Å². The number of aryl methyl sites for hydroxylation is 1. The summed E-state index contributed by atoms with van der Waals surface area (Å²) in [7, 11) is 0. The van der Waals surface area contributed by atoms with Gasteiger partial charge in [0.2, 0.25) is 5.91 Å². The third-order valence-corrected chi connectivity index (χ3v) is 4.22. The molecule has 7 nitrogen and oxygen atoms in total. The highest BCUT2D eigenvalue weighted by molar-refractivity contribution is 5.86. The molecule has 7 heteroatoms. The first kappa shape index (κ1) is 20.5. The molecule has 0 aliphatic heterocycles. The van der Waals surface area contributed by atoms with Crippen molar-refractivity contribution in [2.24, 2.45) is 11.1 Å². The second-order valence-corrected chi connectivity index (χ2v) is 7.60. The van der Waals surface area contributed by atoms with Gasteiger partial charge in [0.05, 0.1) is 0 Å². The zero-order valence-corrected chi connectivity index (χ0v) is 16.0. The Labute approximate surface area is 158 Å². The van der Waals surface area contributed by atoms with Crippen molar-refractivity contribution in [1.82, 2.24) is 10.3 Å². The Morgan fingerprint density at radius 3 is 2.56 bits per heavy atom. The highest BCUT2D eigenvalue weighted by Gasteiger charge is 2.34.